The third-order valence-corrected chi connectivity index (χ3v) is 2.43. The van der Waals surface area contributed by atoms with E-state index in [2.05, 4.69) is 15.9 Å². The summed E-state index contributed by atoms with van der Waals surface area (Å²) in [6.45, 7) is -0.153. The van der Waals surface area contributed by atoms with Crippen molar-refractivity contribution >= 4 is 21.9 Å². The van der Waals surface area contributed by atoms with Gasteiger partial charge in [-0.15, -0.1) is 0 Å². The van der Waals surface area contributed by atoms with Crippen LogP contribution in [0.25, 0.3) is 0 Å². The number of carboxylic acids is 1. The minimum Gasteiger partial charge on any atom is -0.492 e. The van der Waals surface area contributed by atoms with Crippen LogP contribution in [-0.4, -0.2) is 24.1 Å². The molecule has 1 aromatic carbocycles. The van der Waals surface area contributed by atoms with Gasteiger partial charge >= 0.3 is 5.97 Å². The Morgan fingerprint density at radius 1 is 1.50 bits per heavy atom. The van der Waals surface area contributed by atoms with E-state index in [4.69, 9.17) is 9.84 Å². The zero-order chi connectivity index (χ0) is 12.1. The van der Waals surface area contributed by atoms with E-state index in [1.165, 1.54) is 18.2 Å². The molecule has 0 aliphatic rings. The topological polar surface area (TPSA) is 46.5 Å². The van der Waals surface area contributed by atoms with Gasteiger partial charge in [-0.05, 0) is 34.1 Å². The molecular formula is C10H9BrF2O3. The van der Waals surface area contributed by atoms with Gasteiger partial charge in [0.05, 0.1) is 16.6 Å². The van der Waals surface area contributed by atoms with Crippen molar-refractivity contribution in [1.82, 2.24) is 0 Å². The van der Waals surface area contributed by atoms with E-state index in [1.54, 1.807) is 0 Å². The number of benzene rings is 1. The first-order valence-corrected chi connectivity index (χ1v) is 5.24. The van der Waals surface area contributed by atoms with E-state index in [1.807, 2.05) is 0 Å². The third kappa shape index (κ3) is 3.77. The smallest absolute Gasteiger partial charge is 0.335 e. The summed E-state index contributed by atoms with van der Waals surface area (Å²) in [5.74, 6) is -0.841. The highest BCUT2D eigenvalue weighted by atomic mass is 79.9. The van der Waals surface area contributed by atoms with Crippen LogP contribution < -0.4 is 4.74 Å². The molecule has 16 heavy (non-hydrogen) atoms. The number of hydrogen-bond donors (Lipinski definition) is 1. The summed E-state index contributed by atoms with van der Waals surface area (Å²) < 4.78 is 29.3. The molecule has 6 heteroatoms. The molecule has 3 nitrogen and oxygen atoms in total. The number of ether oxygens (including phenoxy) is 1. The zero-order valence-electron chi connectivity index (χ0n) is 8.12. The van der Waals surface area contributed by atoms with Crippen molar-refractivity contribution in [3.8, 4) is 5.75 Å². The average Bonchev–Trinajstić information content (AvgIpc) is 2.20. The van der Waals surface area contributed by atoms with Crippen LogP contribution in [0, 0.1) is 0 Å². The highest BCUT2D eigenvalue weighted by Gasteiger charge is 2.09. The molecule has 0 bridgehead atoms. The molecule has 0 spiro atoms. The summed E-state index contributed by atoms with van der Waals surface area (Å²) in [5.41, 5.74) is 0.0512. The Labute approximate surface area is 99.2 Å². The van der Waals surface area contributed by atoms with E-state index >= 15 is 0 Å². The Bertz CT molecular complexity index is 382. The summed E-state index contributed by atoms with van der Waals surface area (Å²) >= 11 is 3.14. The number of rotatable bonds is 5. The van der Waals surface area contributed by atoms with Gasteiger partial charge in [0.25, 0.3) is 0 Å². The third-order valence-electron chi connectivity index (χ3n) is 1.77. The predicted molar refractivity (Wildman–Crippen MR) is 57.2 cm³/mol. The normalized spacial score (nSPS) is 10.5. The van der Waals surface area contributed by atoms with Crippen molar-refractivity contribution in [1.29, 1.82) is 0 Å². The quantitative estimate of drug-likeness (QED) is 0.907. The Morgan fingerprint density at radius 3 is 2.75 bits per heavy atom. The van der Waals surface area contributed by atoms with Gasteiger partial charge in [-0.3, -0.25) is 0 Å². The number of halogens is 3. The maximum Gasteiger partial charge on any atom is 0.335 e. The van der Waals surface area contributed by atoms with Crippen molar-refractivity contribution in [3.63, 3.8) is 0 Å². The molecule has 88 valence electrons. The Kier molecular flexibility index (Phi) is 4.67. The molecule has 1 rings (SSSR count). The fourth-order valence-corrected chi connectivity index (χ4v) is 1.37. The fraction of sp³-hybridized carbons (Fsp3) is 0.300. The molecule has 0 unspecified atom stereocenters. The molecule has 0 aliphatic heterocycles. The van der Waals surface area contributed by atoms with Crippen molar-refractivity contribution < 1.29 is 23.4 Å². The lowest BCUT2D eigenvalue weighted by Crippen LogP contribution is -2.04. The minimum absolute atomic E-state index is 0.0512. The molecule has 0 aliphatic carbocycles. The second kappa shape index (κ2) is 5.79. The van der Waals surface area contributed by atoms with E-state index in [0.717, 1.165) is 0 Å². The lowest BCUT2D eigenvalue weighted by molar-refractivity contribution is 0.0695. The van der Waals surface area contributed by atoms with Crippen molar-refractivity contribution in [3.05, 3.63) is 28.2 Å². The van der Waals surface area contributed by atoms with Gasteiger partial charge in [0, 0.05) is 6.42 Å². The number of aromatic carboxylic acids is 1. The summed E-state index contributed by atoms with van der Waals surface area (Å²) in [6, 6.07) is 4.19. The van der Waals surface area contributed by atoms with Crippen LogP contribution in [0.2, 0.25) is 0 Å². The average molecular weight is 295 g/mol. The molecule has 0 fully saturated rings. The van der Waals surface area contributed by atoms with Crippen LogP contribution in [0.1, 0.15) is 16.8 Å². The molecule has 0 saturated carbocycles. The van der Waals surface area contributed by atoms with Crippen molar-refractivity contribution in [2.45, 2.75) is 12.8 Å². The van der Waals surface area contributed by atoms with Crippen molar-refractivity contribution in [2.75, 3.05) is 6.61 Å². The Hall–Kier alpha value is -1.17. The lowest BCUT2D eigenvalue weighted by Gasteiger charge is -2.08. The van der Waals surface area contributed by atoms with Gasteiger partial charge in [-0.25, -0.2) is 13.6 Å². The van der Waals surface area contributed by atoms with E-state index in [-0.39, 0.29) is 24.3 Å². The van der Waals surface area contributed by atoms with E-state index in [9.17, 15) is 13.6 Å². The van der Waals surface area contributed by atoms with Crippen LogP contribution in [0.3, 0.4) is 0 Å². The second-order valence-corrected chi connectivity index (χ2v) is 3.83. The summed E-state index contributed by atoms with van der Waals surface area (Å²) in [4.78, 5) is 10.7. The largest absolute Gasteiger partial charge is 0.492 e. The molecule has 0 heterocycles. The number of carboxylic acid groups (broad SMARTS) is 1. The second-order valence-electron chi connectivity index (χ2n) is 2.98. The van der Waals surface area contributed by atoms with Gasteiger partial charge in [0.2, 0.25) is 6.43 Å². The van der Waals surface area contributed by atoms with Gasteiger partial charge in [0.1, 0.15) is 5.75 Å². The number of carbonyl (C=O) groups is 1. The first kappa shape index (κ1) is 12.9. The molecule has 0 saturated heterocycles. The van der Waals surface area contributed by atoms with Crippen LogP contribution in [0.15, 0.2) is 22.7 Å². The minimum atomic E-state index is -2.43. The van der Waals surface area contributed by atoms with Gasteiger partial charge in [-0.2, -0.15) is 0 Å². The Morgan fingerprint density at radius 2 is 2.19 bits per heavy atom. The summed E-state index contributed by atoms with van der Waals surface area (Å²) in [5, 5.41) is 8.72. The highest BCUT2D eigenvalue weighted by molar-refractivity contribution is 9.10. The first-order valence-electron chi connectivity index (χ1n) is 4.44. The van der Waals surface area contributed by atoms with E-state index in [0.29, 0.717) is 4.47 Å². The monoisotopic (exact) mass is 294 g/mol. The lowest BCUT2D eigenvalue weighted by atomic mass is 10.2. The van der Waals surface area contributed by atoms with Crippen LogP contribution in [-0.2, 0) is 0 Å². The molecule has 0 aromatic heterocycles. The van der Waals surface area contributed by atoms with Crippen LogP contribution in [0.5, 0.6) is 5.75 Å². The fourth-order valence-electron chi connectivity index (χ4n) is 1.00. The number of hydrogen-bond acceptors (Lipinski definition) is 2. The van der Waals surface area contributed by atoms with Gasteiger partial charge in [0.15, 0.2) is 0 Å². The molecule has 0 radical (unpaired) electrons. The summed E-state index contributed by atoms with van der Waals surface area (Å²) in [6.07, 6.45) is -2.81. The first-order chi connectivity index (χ1) is 7.50. The van der Waals surface area contributed by atoms with Gasteiger partial charge < -0.3 is 9.84 Å². The van der Waals surface area contributed by atoms with Crippen LogP contribution >= 0.6 is 15.9 Å². The number of alkyl halides is 2. The molecular weight excluding hydrogens is 286 g/mol. The van der Waals surface area contributed by atoms with Gasteiger partial charge in [-0.1, -0.05) is 0 Å². The molecule has 0 atom stereocenters. The van der Waals surface area contributed by atoms with Crippen molar-refractivity contribution in [2.24, 2.45) is 0 Å². The van der Waals surface area contributed by atoms with E-state index < -0.39 is 12.4 Å². The standard InChI is InChI=1S/C10H9BrF2O3/c11-7-2-1-6(10(14)15)5-8(7)16-4-3-9(12)13/h1-2,5,9H,3-4H2,(H,14,15). The highest BCUT2D eigenvalue weighted by Crippen LogP contribution is 2.26. The predicted octanol–water partition coefficient (Wildman–Crippen LogP) is 3.18. The van der Waals surface area contributed by atoms with Crippen LogP contribution in [0.4, 0.5) is 8.78 Å². The SMILES string of the molecule is O=C(O)c1ccc(Br)c(OCCC(F)F)c1. The summed E-state index contributed by atoms with van der Waals surface area (Å²) in [7, 11) is 0. The maximum absolute atomic E-state index is 11.9. The molecule has 0 amide bonds. The Balaban J connectivity index is 2.70. The maximum atomic E-state index is 11.9. The zero-order valence-corrected chi connectivity index (χ0v) is 9.71. The molecule has 1 aromatic rings. The molecule has 1 N–H and O–H groups in total.